The molecule has 1 aromatic rings. The second-order valence-electron chi connectivity index (χ2n) is 5.62. The van der Waals surface area contributed by atoms with Gasteiger partial charge in [-0.1, -0.05) is 19.3 Å². The molecule has 1 saturated carbocycles. The van der Waals surface area contributed by atoms with Gasteiger partial charge in [-0.25, -0.2) is 4.39 Å². The fourth-order valence-corrected chi connectivity index (χ4v) is 3.01. The summed E-state index contributed by atoms with van der Waals surface area (Å²) >= 11 is 0. The predicted octanol–water partition coefficient (Wildman–Crippen LogP) is 3.88. The highest BCUT2D eigenvalue weighted by molar-refractivity contribution is 5.55. The van der Waals surface area contributed by atoms with Gasteiger partial charge >= 0.3 is 0 Å². The van der Waals surface area contributed by atoms with Crippen LogP contribution in [0.5, 0.6) is 0 Å². The molecule has 3 heteroatoms. The lowest BCUT2D eigenvalue weighted by molar-refractivity contribution is 0.426. The fraction of sp³-hybridized carbons (Fsp3) is 0.625. The zero-order chi connectivity index (χ0) is 13.8. The van der Waals surface area contributed by atoms with Crippen molar-refractivity contribution in [1.82, 2.24) is 5.32 Å². The molecule has 0 saturated heterocycles. The summed E-state index contributed by atoms with van der Waals surface area (Å²) in [7, 11) is 4.06. The average Bonchev–Trinajstić information content (AvgIpc) is 2.46. The third-order valence-corrected chi connectivity index (χ3v) is 4.39. The van der Waals surface area contributed by atoms with E-state index in [0.717, 1.165) is 11.3 Å². The number of benzene rings is 1. The molecule has 1 atom stereocenters. The standard InChI is InChI=1S/C16H25FN2/c1-12(18-2)15-11-13(17)9-10-16(15)19(3)14-7-5-4-6-8-14/h9-12,14,18H,4-8H2,1-3H3. The second kappa shape index (κ2) is 6.38. The molecule has 106 valence electrons. The van der Waals surface area contributed by atoms with Gasteiger partial charge in [-0.3, -0.25) is 0 Å². The molecule has 19 heavy (non-hydrogen) atoms. The topological polar surface area (TPSA) is 15.3 Å². The van der Waals surface area contributed by atoms with Crippen LogP contribution in [0.15, 0.2) is 18.2 Å². The first kappa shape index (κ1) is 14.3. The second-order valence-corrected chi connectivity index (χ2v) is 5.62. The summed E-state index contributed by atoms with van der Waals surface area (Å²) in [6, 6.07) is 5.92. The van der Waals surface area contributed by atoms with Crippen molar-refractivity contribution >= 4 is 5.69 Å². The number of hydrogen-bond acceptors (Lipinski definition) is 2. The van der Waals surface area contributed by atoms with Crippen molar-refractivity contribution in [2.45, 2.75) is 51.1 Å². The van der Waals surface area contributed by atoms with E-state index in [0.29, 0.717) is 6.04 Å². The Balaban J connectivity index is 2.26. The molecule has 1 unspecified atom stereocenters. The molecule has 1 aromatic carbocycles. The first-order chi connectivity index (χ1) is 9.13. The highest BCUT2D eigenvalue weighted by Gasteiger charge is 2.21. The van der Waals surface area contributed by atoms with Crippen molar-refractivity contribution in [3.8, 4) is 0 Å². The minimum atomic E-state index is -0.155. The van der Waals surface area contributed by atoms with Crippen LogP contribution in [0, 0.1) is 5.82 Å². The van der Waals surface area contributed by atoms with Gasteiger partial charge in [-0.2, -0.15) is 0 Å². The lowest BCUT2D eigenvalue weighted by Crippen LogP contribution is -2.34. The predicted molar refractivity (Wildman–Crippen MR) is 79.2 cm³/mol. The van der Waals surface area contributed by atoms with Crippen molar-refractivity contribution in [1.29, 1.82) is 0 Å². The summed E-state index contributed by atoms with van der Waals surface area (Å²) in [5.41, 5.74) is 2.21. The minimum Gasteiger partial charge on any atom is -0.371 e. The Morgan fingerprint density at radius 1 is 1.26 bits per heavy atom. The molecule has 0 heterocycles. The Hall–Kier alpha value is -1.09. The zero-order valence-corrected chi connectivity index (χ0v) is 12.2. The van der Waals surface area contributed by atoms with Crippen LogP contribution in [0.3, 0.4) is 0 Å². The first-order valence-electron chi connectivity index (χ1n) is 7.33. The SMILES string of the molecule is CNC(C)c1cc(F)ccc1N(C)C1CCCCC1. The van der Waals surface area contributed by atoms with Crippen LogP contribution in [-0.2, 0) is 0 Å². The molecule has 2 nitrogen and oxygen atoms in total. The van der Waals surface area contributed by atoms with Crippen LogP contribution < -0.4 is 10.2 Å². The van der Waals surface area contributed by atoms with Crippen LogP contribution in [0.2, 0.25) is 0 Å². The summed E-state index contributed by atoms with van der Waals surface area (Å²) in [5.74, 6) is -0.155. The normalized spacial score (nSPS) is 18.3. The third-order valence-electron chi connectivity index (χ3n) is 4.39. The largest absolute Gasteiger partial charge is 0.371 e. The van der Waals surface area contributed by atoms with Crippen LogP contribution >= 0.6 is 0 Å². The van der Waals surface area contributed by atoms with E-state index >= 15 is 0 Å². The van der Waals surface area contributed by atoms with Gasteiger partial charge in [-0.05, 0) is 50.6 Å². The minimum absolute atomic E-state index is 0.155. The molecule has 0 aromatic heterocycles. The number of anilines is 1. The maximum atomic E-state index is 13.5. The zero-order valence-electron chi connectivity index (χ0n) is 12.2. The number of rotatable bonds is 4. The molecule has 1 N–H and O–H groups in total. The van der Waals surface area contributed by atoms with E-state index in [4.69, 9.17) is 0 Å². The molecule has 0 bridgehead atoms. The molecule has 1 aliphatic carbocycles. The molecule has 2 rings (SSSR count). The monoisotopic (exact) mass is 264 g/mol. The molecular formula is C16H25FN2. The molecule has 1 fully saturated rings. The Bertz CT molecular complexity index is 413. The van der Waals surface area contributed by atoms with E-state index in [1.54, 1.807) is 12.1 Å². The van der Waals surface area contributed by atoms with E-state index < -0.39 is 0 Å². The summed E-state index contributed by atoms with van der Waals surface area (Å²) in [6.07, 6.45) is 6.48. The average molecular weight is 264 g/mol. The van der Waals surface area contributed by atoms with E-state index in [9.17, 15) is 4.39 Å². The van der Waals surface area contributed by atoms with E-state index in [2.05, 4.69) is 24.2 Å². The van der Waals surface area contributed by atoms with Gasteiger partial charge in [0.25, 0.3) is 0 Å². The number of halogens is 1. The maximum Gasteiger partial charge on any atom is 0.123 e. The Morgan fingerprint density at radius 2 is 1.95 bits per heavy atom. The van der Waals surface area contributed by atoms with Gasteiger partial charge < -0.3 is 10.2 Å². The molecule has 0 aliphatic heterocycles. The van der Waals surface area contributed by atoms with Gasteiger partial charge in [0.1, 0.15) is 5.82 Å². The Kier molecular flexibility index (Phi) is 4.81. The van der Waals surface area contributed by atoms with Gasteiger partial charge in [0.15, 0.2) is 0 Å². The third kappa shape index (κ3) is 3.27. The van der Waals surface area contributed by atoms with Crippen LogP contribution in [0.4, 0.5) is 10.1 Å². The number of nitrogens with zero attached hydrogens (tertiary/aromatic N) is 1. The molecule has 0 amide bonds. The fourth-order valence-electron chi connectivity index (χ4n) is 3.01. The highest BCUT2D eigenvalue weighted by atomic mass is 19.1. The number of nitrogens with one attached hydrogen (secondary N) is 1. The summed E-state index contributed by atoms with van der Waals surface area (Å²) < 4.78 is 13.5. The highest BCUT2D eigenvalue weighted by Crippen LogP contribution is 2.31. The van der Waals surface area contributed by atoms with Crippen LogP contribution in [0.1, 0.15) is 50.6 Å². The summed E-state index contributed by atoms with van der Waals surface area (Å²) in [4.78, 5) is 2.35. The molecule has 0 radical (unpaired) electrons. The molecule has 0 spiro atoms. The lowest BCUT2D eigenvalue weighted by Gasteiger charge is -2.35. The van der Waals surface area contributed by atoms with Crippen molar-refractivity contribution in [2.75, 3.05) is 19.0 Å². The quantitative estimate of drug-likeness (QED) is 0.888. The lowest BCUT2D eigenvalue weighted by atomic mass is 9.93. The van der Waals surface area contributed by atoms with Gasteiger partial charge in [0.2, 0.25) is 0 Å². The van der Waals surface area contributed by atoms with Crippen molar-refractivity contribution in [3.63, 3.8) is 0 Å². The number of hydrogen-bond donors (Lipinski definition) is 1. The van der Waals surface area contributed by atoms with Crippen LogP contribution in [0.25, 0.3) is 0 Å². The van der Waals surface area contributed by atoms with E-state index in [1.807, 2.05) is 13.1 Å². The summed E-state index contributed by atoms with van der Waals surface area (Å²) in [6.45, 7) is 2.08. The maximum absolute atomic E-state index is 13.5. The van der Waals surface area contributed by atoms with Gasteiger partial charge in [0, 0.05) is 24.8 Å². The summed E-state index contributed by atoms with van der Waals surface area (Å²) in [5, 5.41) is 3.21. The van der Waals surface area contributed by atoms with Crippen molar-refractivity contribution in [3.05, 3.63) is 29.6 Å². The Morgan fingerprint density at radius 3 is 2.58 bits per heavy atom. The van der Waals surface area contributed by atoms with Crippen molar-refractivity contribution < 1.29 is 4.39 Å². The molecule has 1 aliphatic rings. The van der Waals surface area contributed by atoms with Gasteiger partial charge in [-0.15, -0.1) is 0 Å². The van der Waals surface area contributed by atoms with Gasteiger partial charge in [0.05, 0.1) is 0 Å². The molecular weight excluding hydrogens is 239 g/mol. The van der Waals surface area contributed by atoms with E-state index in [-0.39, 0.29) is 11.9 Å². The van der Waals surface area contributed by atoms with Crippen molar-refractivity contribution in [2.24, 2.45) is 0 Å². The van der Waals surface area contributed by atoms with E-state index in [1.165, 1.54) is 32.1 Å². The first-order valence-corrected chi connectivity index (χ1v) is 7.33. The Labute approximate surface area is 116 Å². The smallest absolute Gasteiger partial charge is 0.123 e. The van der Waals surface area contributed by atoms with Crippen LogP contribution in [-0.4, -0.2) is 20.1 Å².